The minimum absolute atomic E-state index is 0.174. The zero-order valence-corrected chi connectivity index (χ0v) is 13.2. The third-order valence-electron chi connectivity index (χ3n) is 3.89. The van der Waals surface area contributed by atoms with Crippen LogP contribution >= 0.6 is 11.6 Å². The summed E-state index contributed by atoms with van der Waals surface area (Å²) in [6.07, 6.45) is 0.174. The van der Waals surface area contributed by atoms with Gasteiger partial charge in [-0.1, -0.05) is 41.9 Å². The summed E-state index contributed by atoms with van der Waals surface area (Å²) in [5, 5.41) is 6.15. The Morgan fingerprint density at radius 3 is 2.48 bits per heavy atom. The lowest BCUT2D eigenvalue weighted by atomic mass is 10.1. The van der Waals surface area contributed by atoms with Gasteiger partial charge in [0.1, 0.15) is 11.9 Å². The van der Waals surface area contributed by atoms with Crippen LogP contribution in [0.1, 0.15) is 0 Å². The molecule has 0 saturated carbocycles. The topological polar surface area (TPSA) is 30.5 Å². The first kappa shape index (κ1) is 14.4. The van der Waals surface area contributed by atoms with E-state index < -0.39 is 0 Å². The predicted molar refractivity (Wildman–Crippen MR) is 92.8 cm³/mol. The third-order valence-corrected chi connectivity index (χ3v) is 4.13. The summed E-state index contributed by atoms with van der Waals surface area (Å²) in [7, 11) is 0. The van der Waals surface area contributed by atoms with Crippen LogP contribution in [0.15, 0.2) is 60.7 Å². The van der Waals surface area contributed by atoms with E-state index in [2.05, 4.69) is 23.5 Å². The highest BCUT2D eigenvalue weighted by molar-refractivity contribution is 6.30. The summed E-state index contributed by atoms with van der Waals surface area (Å²) in [4.78, 5) is 0. The summed E-state index contributed by atoms with van der Waals surface area (Å²) < 4.78 is 12.0. The molecule has 0 bridgehead atoms. The maximum atomic E-state index is 6.09. The maximum Gasteiger partial charge on any atom is 0.169 e. The normalized spacial score (nSPS) is 14.5. The molecule has 3 nitrogen and oxygen atoms in total. The van der Waals surface area contributed by atoms with Crippen LogP contribution in [0.3, 0.4) is 0 Å². The van der Waals surface area contributed by atoms with Crippen molar-refractivity contribution < 1.29 is 9.47 Å². The molecule has 116 valence electrons. The quantitative estimate of drug-likeness (QED) is 0.758. The second-order valence-electron chi connectivity index (χ2n) is 5.60. The molecular formula is C19H16ClNO2. The van der Waals surface area contributed by atoms with Crippen LogP contribution in [0.4, 0.5) is 0 Å². The van der Waals surface area contributed by atoms with E-state index in [9.17, 15) is 0 Å². The molecule has 3 aromatic carbocycles. The van der Waals surface area contributed by atoms with Gasteiger partial charge >= 0.3 is 0 Å². The fraction of sp³-hybridized carbons (Fsp3) is 0.158. The number of benzene rings is 3. The molecule has 4 heteroatoms. The van der Waals surface area contributed by atoms with Crippen molar-refractivity contribution in [3.8, 4) is 17.2 Å². The fourth-order valence-corrected chi connectivity index (χ4v) is 2.70. The zero-order chi connectivity index (χ0) is 15.6. The van der Waals surface area contributed by atoms with Crippen molar-refractivity contribution in [2.45, 2.75) is 6.10 Å². The van der Waals surface area contributed by atoms with Crippen LogP contribution in [-0.4, -0.2) is 19.2 Å². The fourth-order valence-electron chi connectivity index (χ4n) is 2.54. The monoisotopic (exact) mass is 325 g/mol. The molecule has 1 aliphatic rings. The molecule has 1 aliphatic heterocycles. The lowest BCUT2D eigenvalue weighted by molar-refractivity contribution is 0.138. The molecule has 1 heterocycles. The van der Waals surface area contributed by atoms with E-state index in [1.165, 1.54) is 5.39 Å². The molecule has 23 heavy (non-hydrogen) atoms. The minimum atomic E-state index is 0.174. The molecule has 0 aliphatic carbocycles. The number of fused-ring (bicyclic) bond motifs is 1. The number of halogens is 1. The Morgan fingerprint density at radius 2 is 1.70 bits per heavy atom. The van der Waals surface area contributed by atoms with Crippen LogP contribution in [0.5, 0.6) is 17.2 Å². The standard InChI is InChI=1S/C19H16ClNO2/c20-15-6-8-18(19(10-15)23-17-11-21-12-17)22-16-7-5-13-3-1-2-4-14(13)9-16/h1-10,17,21H,11-12H2. The van der Waals surface area contributed by atoms with Crippen molar-refractivity contribution in [2.75, 3.05) is 13.1 Å². The molecule has 0 aromatic heterocycles. The molecule has 0 unspecified atom stereocenters. The van der Waals surface area contributed by atoms with E-state index in [0.717, 1.165) is 24.2 Å². The van der Waals surface area contributed by atoms with Crippen molar-refractivity contribution in [3.63, 3.8) is 0 Å². The number of rotatable bonds is 4. The minimum Gasteiger partial charge on any atom is -0.484 e. The van der Waals surface area contributed by atoms with Gasteiger partial charge in [0, 0.05) is 24.2 Å². The van der Waals surface area contributed by atoms with Crippen molar-refractivity contribution in [2.24, 2.45) is 0 Å². The van der Waals surface area contributed by atoms with Gasteiger partial charge in [0.15, 0.2) is 11.5 Å². The van der Waals surface area contributed by atoms with Crippen LogP contribution in [-0.2, 0) is 0 Å². The van der Waals surface area contributed by atoms with Gasteiger partial charge in [-0.2, -0.15) is 0 Å². The van der Waals surface area contributed by atoms with E-state index in [1.54, 1.807) is 6.07 Å². The van der Waals surface area contributed by atoms with Crippen LogP contribution in [0, 0.1) is 0 Å². The molecule has 0 radical (unpaired) electrons. The van der Waals surface area contributed by atoms with Gasteiger partial charge in [0.2, 0.25) is 0 Å². The number of hydrogen-bond acceptors (Lipinski definition) is 3. The molecule has 1 fully saturated rings. The average molecular weight is 326 g/mol. The highest BCUT2D eigenvalue weighted by Crippen LogP contribution is 2.35. The van der Waals surface area contributed by atoms with E-state index >= 15 is 0 Å². The van der Waals surface area contributed by atoms with Crippen molar-refractivity contribution in [3.05, 3.63) is 65.7 Å². The van der Waals surface area contributed by atoms with Gasteiger partial charge < -0.3 is 14.8 Å². The largest absolute Gasteiger partial charge is 0.484 e. The first-order valence-corrected chi connectivity index (χ1v) is 7.99. The van der Waals surface area contributed by atoms with Gasteiger partial charge in [0.05, 0.1) is 0 Å². The lowest BCUT2D eigenvalue weighted by Gasteiger charge is -2.28. The van der Waals surface area contributed by atoms with Crippen LogP contribution < -0.4 is 14.8 Å². The van der Waals surface area contributed by atoms with Gasteiger partial charge in [-0.25, -0.2) is 0 Å². The van der Waals surface area contributed by atoms with E-state index in [1.807, 2.05) is 36.4 Å². The molecular weight excluding hydrogens is 310 g/mol. The SMILES string of the molecule is Clc1ccc(Oc2ccc3ccccc3c2)c(OC2CNC2)c1. The zero-order valence-electron chi connectivity index (χ0n) is 12.5. The summed E-state index contributed by atoms with van der Waals surface area (Å²) in [5.74, 6) is 2.14. The van der Waals surface area contributed by atoms with Crippen molar-refractivity contribution >= 4 is 22.4 Å². The van der Waals surface area contributed by atoms with E-state index in [0.29, 0.717) is 16.5 Å². The van der Waals surface area contributed by atoms with Crippen molar-refractivity contribution in [1.29, 1.82) is 0 Å². The Balaban J connectivity index is 1.63. The Morgan fingerprint density at radius 1 is 0.870 bits per heavy atom. The molecule has 0 amide bonds. The molecule has 1 saturated heterocycles. The molecule has 4 rings (SSSR count). The predicted octanol–water partition coefficient (Wildman–Crippen LogP) is 4.64. The second kappa shape index (κ2) is 6.11. The van der Waals surface area contributed by atoms with Crippen LogP contribution in [0.25, 0.3) is 10.8 Å². The molecule has 0 atom stereocenters. The first-order valence-electron chi connectivity index (χ1n) is 7.61. The first-order chi connectivity index (χ1) is 11.3. The Hall–Kier alpha value is -2.23. The average Bonchev–Trinajstić information content (AvgIpc) is 2.53. The van der Waals surface area contributed by atoms with E-state index in [4.69, 9.17) is 21.1 Å². The number of hydrogen-bond donors (Lipinski definition) is 1. The van der Waals surface area contributed by atoms with Gasteiger partial charge in [-0.05, 0) is 35.0 Å². The molecule has 0 spiro atoms. The van der Waals surface area contributed by atoms with Gasteiger partial charge in [0.25, 0.3) is 0 Å². The second-order valence-corrected chi connectivity index (χ2v) is 6.04. The van der Waals surface area contributed by atoms with Crippen molar-refractivity contribution in [1.82, 2.24) is 5.32 Å². The van der Waals surface area contributed by atoms with E-state index in [-0.39, 0.29) is 6.10 Å². The highest BCUT2D eigenvalue weighted by Gasteiger charge is 2.20. The molecule has 1 N–H and O–H groups in total. The highest BCUT2D eigenvalue weighted by atomic mass is 35.5. The smallest absolute Gasteiger partial charge is 0.169 e. The number of nitrogens with one attached hydrogen (secondary N) is 1. The third kappa shape index (κ3) is 3.11. The Bertz CT molecular complexity index is 846. The molecule has 3 aromatic rings. The summed E-state index contributed by atoms with van der Waals surface area (Å²) in [6.45, 7) is 1.70. The summed E-state index contributed by atoms with van der Waals surface area (Å²) in [6, 6.07) is 19.7. The Labute approximate surface area is 139 Å². The maximum absolute atomic E-state index is 6.09. The van der Waals surface area contributed by atoms with Gasteiger partial charge in [-0.15, -0.1) is 0 Å². The Kier molecular flexibility index (Phi) is 3.82. The lowest BCUT2D eigenvalue weighted by Crippen LogP contribution is -2.50. The summed E-state index contributed by atoms with van der Waals surface area (Å²) >= 11 is 6.09. The number of ether oxygens (including phenoxy) is 2. The van der Waals surface area contributed by atoms with Gasteiger partial charge in [-0.3, -0.25) is 0 Å². The summed E-state index contributed by atoms with van der Waals surface area (Å²) in [5.41, 5.74) is 0. The van der Waals surface area contributed by atoms with Crippen LogP contribution in [0.2, 0.25) is 5.02 Å².